The van der Waals surface area contributed by atoms with Gasteiger partial charge in [0.05, 0.1) is 13.2 Å². The van der Waals surface area contributed by atoms with E-state index in [1.165, 1.54) is 0 Å². The molecule has 0 atom stereocenters. The number of aromatic nitrogens is 1. The molecule has 0 fully saturated rings. The Morgan fingerprint density at radius 1 is 1.17 bits per heavy atom. The van der Waals surface area contributed by atoms with Crippen molar-refractivity contribution in [2.45, 2.75) is 20.0 Å². The maximum absolute atomic E-state index is 12.7. The van der Waals surface area contributed by atoms with Gasteiger partial charge in [-0.05, 0) is 61.1 Å². The van der Waals surface area contributed by atoms with Gasteiger partial charge in [0.15, 0.2) is 16.6 Å². The van der Waals surface area contributed by atoms with Crippen molar-refractivity contribution in [2.75, 3.05) is 20.4 Å². The van der Waals surface area contributed by atoms with Crippen LogP contribution in [0.15, 0.2) is 47.3 Å². The normalized spacial score (nSPS) is 12.1. The van der Waals surface area contributed by atoms with Crippen molar-refractivity contribution in [3.8, 4) is 17.2 Å². The minimum Gasteiger partial charge on any atom is -0.494 e. The Bertz CT molecular complexity index is 1140. The molecule has 0 radical (unpaired) electrons. The number of aromatic amines is 1. The highest BCUT2D eigenvalue weighted by molar-refractivity contribution is 7.80. The number of fused-ring (bicyclic) bond motifs is 2. The molecule has 8 heteroatoms. The van der Waals surface area contributed by atoms with Gasteiger partial charge in [0.1, 0.15) is 5.75 Å². The second kappa shape index (κ2) is 8.62. The number of pyridine rings is 1. The number of nitrogens with one attached hydrogen (secondary N) is 2. The van der Waals surface area contributed by atoms with Gasteiger partial charge in [-0.2, -0.15) is 0 Å². The summed E-state index contributed by atoms with van der Waals surface area (Å²) in [7, 11) is 1.77. The summed E-state index contributed by atoms with van der Waals surface area (Å²) >= 11 is 5.50. The molecule has 0 saturated heterocycles. The van der Waals surface area contributed by atoms with E-state index in [2.05, 4.69) is 10.3 Å². The summed E-state index contributed by atoms with van der Waals surface area (Å²) in [5.41, 5.74) is 2.26. The molecule has 0 unspecified atom stereocenters. The zero-order valence-corrected chi connectivity index (χ0v) is 17.7. The highest BCUT2D eigenvalue weighted by atomic mass is 32.1. The van der Waals surface area contributed by atoms with Crippen LogP contribution in [0.4, 0.5) is 0 Å². The zero-order valence-electron chi connectivity index (χ0n) is 16.9. The first-order chi connectivity index (χ1) is 14.6. The van der Waals surface area contributed by atoms with Crippen molar-refractivity contribution in [2.24, 2.45) is 0 Å². The van der Waals surface area contributed by atoms with Crippen molar-refractivity contribution >= 4 is 28.2 Å². The maximum atomic E-state index is 12.7. The lowest BCUT2D eigenvalue weighted by Crippen LogP contribution is -2.38. The van der Waals surface area contributed by atoms with Gasteiger partial charge in [-0.1, -0.05) is 6.07 Å². The van der Waals surface area contributed by atoms with Crippen molar-refractivity contribution in [3.63, 3.8) is 0 Å². The van der Waals surface area contributed by atoms with E-state index in [-0.39, 0.29) is 12.4 Å². The van der Waals surface area contributed by atoms with E-state index in [1.807, 2.05) is 54.3 Å². The molecule has 2 heterocycles. The summed E-state index contributed by atoms with van der Waals surface area (Å²) in [6.45, 7) is 3.63. The second-order valence-electron chi connectivity index (χ2n) is 6.90. The van der Waals surface area contributed by atoms with Gasteiger partial charge in [0, 0.05) is 30.1 Å². The van der Waals surface area contributed by atoms with Crippen LogP contribution in [-0.2, 0) is 13.1 Å². The highest BCUT2D eigenvalue weighted by Gasteiger charge is 2.17. The number of ether oxygens (including phenoxy) is 3. The SMILES string of the molecule is CCOc1ccc2[nH]c(=O)c(CN(Cc3ccc4c(c3)OCO4)C(=S)NC)cc2c1. The van der Waals surface area contributed by atoms with E-state index in [1.54, 1.807) is 7.05 Å². The number of thiocarbonyl (C=S) groups is 1. The summed E-state index contributed by atoms with van der Waals surface area (Å²) in [4.78, 5) is 17.6. The van der Waals surface area contributed by atoms with Gasteiger partial charge >= 0.3 is 0 Å². The molecule has 1 aromatic heterocycles. The third-order valence-corrected chi connectivity index (χ3v) is 5.34. The Morgan fingerprint density at radius 3 is 2.80 bits per heavy atom. The first kappa shape index (κ1) is 20.0. The molecule has 1 aliphatic rings. The third-order valence-electron chi connectivity index (χ3n) is 4.88. The molecule has 2 aromatic carbocycles. The monoisotopic (exact) mass is 425 g/mol. The van der Waals surface area contributed by atoms with Crippen LogP contribution in [0.1, 0.15) is 18.1 Å². The molecule has 7 nitrogen and oxygen atoms in total. The first-order valence-electron chi connectivity index (χ1n) is 9.71. The smallest absolute Gasteiger partial charge is 0.253 e. The fraction of sp³-hybridized carbons (Fsp3) is 0.273. The van der Waals surface area contributed by atoms with Crippen LogP contribution in [-0.4, -0.2) is 35.4 Å². The summed E-state index contributed by atoms with van der Waals surface area (Å²) in [5, 5.41) is 4.47. The van der Waals surface area contributed by atoms with E-state index >= 15 is 0 Å². The number of hydrogen-bond donors (Lipinski definition) is 2. The van der Waals surface area contributed by atoms with Crippen LogP contribution in [0.3, 0.4) is 0 Å². The van der Waals surface area contributed by atoms with Gasteiger partial charge in [-0.25, -0.2) is 0 Å². The molecule has 0 bridgehead atoms. The molecule has 2 N–H and O–H groups in total. The zero-order chi connectivity index (χ0) is 21.1. The quantitative estimate of drug-likeness (QED) is 0.588. The largest absolute Gasteiger partial charge is 0.494 e. The van der Waals surface area contributed by atoms with Crippen LogP contribution in [0.5, 0.6) is 17.2 Å². The topological polar surface area (TPSA) is 75.8 Å². The molecule has 4 rings (SSSR count). The van der Waals surface area contributed by atoms with E-state index in [9.17, 15) is 4.79 Å². The number of hydrogen-bond acceptors (Lipinski definition) is 5. The molecule has 0 amide bonds. The second-order valence-corrected chi connectivity index (χ2v) is 7.29. The highest BCUT2D eigenvalue weighted by Crippen LogP contribution is 2.33. The molecule has 156 valence electrons. The van der Waals surface area contributed by atoms with E-state index < -0.39 is 0 Å². The minimum absolute atomic E-state index is 0.138. The van der Waals surface area contributed by atoms with Crippen molar-refractivity contribution in [3.05, 3.63) is 63.9 Å². The van der Waals surface area contributed by atoms with Gasteiger partial charge in [-0.3, -0.25) is 4.79 Å². The molecule has 1 aliphatic heterocycles. The van der Waals surface area contributed by atoms with Gasteiger partial charge in [0.25, 0.3) is 5.56 Å². The van der Waals surface area contributed by atoms with Gasteiger partial charge in [-0.15, -0.1) is 0 Å². The summed E-state index contributed by atoms with van der Waals surface area (Å²) in [6.07, 6.45) is 0. The van der Waals surface area contributed by atoms with Crippen molar-refractivity contribution in [1.82, 2.24) is 15.2 Å². The fourth-order valence-electron chi connectivity index (χ4n) is 3.43. The van der Waals surface area contributed by atoms with Crippen molar-refractivity contribution < 1.29 is 14.2 Å². The molecular formula is C22H23N3O4S. The van der Waals surface area contributed by atoms with Crippen LogP contribution in [0.2, 0.25) is 0 Å². The minimum atomic E-state index is -0.138. The first-order valence-corrected chi connectivity index (χ1v) is 10.1. The number of H-pyrrole nitrogens is 1. The average molecular weight is 426 g/mol. The predicted octanol–water partition coefficient (Wildman–Crippen LogP) is 3.16. The Hall–Kier alpha value is -3.26. The third kappa shape index (κ3) is 4.18. The molecule has 30 heavy (non-hydrogen) atoms. The van der Waals surface area contributed by atoms with Crippen LogP contribution >= 0.6 is 12.2 Å². The van der Waals surface area contributed by atoms with Crippen LogP contribution in [0.25, 0.3) is 10.9 Å². The lowest BCUT2D eigenvalue weighted by molar-refractivity contribution is 0.174. The summed E-state index contributed by atoms with van der Waals surface area (Å²) in [5.74, 6) is 2.22. The lowest BCUT2D eigenvalue weighted by Gasteiger charge is -2.25. The number of benzene rings is 2. The summed E-state index contributed by atoms with van der Waals surface area (Å²) < 4.78 is 16.4. The molecule has 3 aromatic rings. The Labute approximate surface area is 179 Å². The van der Waals surface area contributed by atoms with Gasteiger partial charge in [0.2, 0.25) is 6.79 Å². The van der Waals surface area contributed by atoms with E-state index in [4.69, 9.17) is 26.4 Å². The Balaban J connectivity index is 1.62. The number of rotatable bonds is 6. The predicted molar refractivity (Wildman–Crippen MR) is 119 cm³/mol. The Morgan fingerprint density at radius 2 is 2.00 bits per heavy atom. The maximum Gasteiger partial charge on any atom is 0.253 e. The standard InChI is InChI=1S/C22H23N3O4S/c1-3-27-17-5-6-18-15(10-17)9-16(21(26)24-18)12-25(22(30)23-2)11-14-4-7-19-20(8-14)29-13-28-19/h4-10H,3,11-13H2,1-2H3,(H,23,30)(H,24,26). The molecule has 0 aliphatic carbocycles. The Kier molecular flexibility index (Phi) is 5.76. The molecular weight excluding hydrogens is 402 g/mol. The van der Waals surface area contributed by atoms with E-state index in [0.29, 0.717) is 30.4 Å². The van der Waals surface area contributed by atoms with Crippen molar-refractivity contribution in [1.29, 1.82) is 0 Å². The molecule has 0 saturated carbocycles. The summed E-state index contributed by atoms with van der Waals surface area (Å²) in [6, 6.07) is 13.3. The average Bonchev–Trinajstić information content (AvgIpc) is 3.21. The number of nitrogens with zero attached hydrogens (tertiary/aromatic N) is 1. The fourth-order valence-corrected chi connectivity index (χ4v) is 3.56. The molecule has 0 spiro atoms. The lowest BCUT2D eigenvalue weighted by atomic mass is 10.1. The van der Waals surface area contributed by atoms with E-state index in [0.717, 1.165) is 33.7 Å². The van der Waals surface area contributed by atoms with Gasteiger partial charge < -0.3 is 29.4 Å². The van der Waals surface area contributed by atoms with Crippen LogP contribution in [0, 0.1) is 0 Å². The van der Waals surface area contributed by atoms with Crippen LogP contribution < -0.4 is 25.1 Å².